The molecule has 5 heteroatoms. The van der Waals surface area contributed by atoms with Gasteiger partial charge in [0.2, 0.25) is 0 Å². The van der Waals surface area contributed by atoms with E-state index in [0.717, 1.165) is 51.4 Å². The minimum atomic E-state index is -0.535. The van der Waals surface area contributed by atoms with Crippen LogP contribution in [0.4, 0.5) is 0 Å². The number of carbonyl (C=O) groups excluding carboxylic acids is 2. The van der Waals surface area contributed by atoms with Gasteiger partial charge < -0.3 is 14.2 Å². The fourth-order valence-electron chi connectivity index (χ4n) is 6.95. The smallest absolute Gasteiger partial charge is 0.306 e. The molecule has 0 saturated heterocycles. The highest BCUT2D eigenvalue weighted by atomic mass is 16.6. The first-order valence-electron chi connectivity index (χ1n) is 24.5. The lowest BCUT2D eigenvalue weighted by Gasteiger charge is -2.18. The lowest BCUT2D eigenvalue weighted by Crippen LogP contribution is -2.30. The zero-order valence-corrected chi connectivity index (χ0v) is 37.7. The summed E-state index contributed by atoms with van der Waals surface area (Å²) in [4.78, 5) is 25.2. The second-order valence-electron chi connectivity index (χ2n) is 16.4. The van der Waals surface area contributed by atoms with Crippen LogP contribution in [0.15, 0.2) is 36.5 Å². The van der Waals surface area contributed by atoms with E-state index in [1.807, 2.05) is 0 Å². The molecule has 0 aliphatic carbocycles. The van der Waals surface area contributed by atoms with Crippen LogP contribution >= 0.6 is 0 Å². The van der Waals surface area contributed by atoms with Crippen molar-refractivity contribution in [2.24, 2.45) is 0 Å². The number of unbranched alkanes of at least 4 members (excludes halogenated alkanes) is 28. The first-order valence-corrected chi connectivity index (χ1v) is 24.5. The van der Waals surface area contributed by atoms with Gasteiger partial charge in [-0.3, -0.25) is 9.59 Å². The lowest BCUT2D eigenvalue weighted by molar-refractivity contribution is -0.163. The monoisotopic (exact) mass is 787 g/mol. The molecule has 56 heavy (non-hydrogen) atoms. The van der Waals surface area contributed by atoms with E-state index in [1.165, 1.54) is 167 Å². The van der Waals surface area contributed by atoms with Gasteiger partial charge in [0.05, 0.1) is 6.61 Å². The van der Waals surface area contributed by atoms with Gasteiger partial charge in [-0.25, -0.2) is 0 Å². The molecule has 328 valence electrons. The third-order valence-electron chi connectivity index (χ3n) is 10.6. The molecule has 0 fully saturated rings. The van der Waals surface area contributed by atoms with Crippen LogP contribution < -0.4 is 0 Å². The second-order valence-corrected chi connectivity index (χ2v) is 16.4. The normalized spacial score (nSPS) is 12.4. The van der Waals surface area contributed by atoms with Gasteiger partial charge in [-0.1, -0.05) is 198 Å². The Morgan fingerprint density at radius 3 is 1.23 bits per heavy atom. The van der Waals surface area contributed by atoms with E-state index in [1.54, 1.807) is 0 Å². The minimum Gasteiger partial charge on any atom is -0.462 e. The van der Waals surface area contributed by atoms with Crippen LogP contribution in [0, 0.1) is 0 Å². The predicted octanol–water partition coefficient (Wildman–Crippen LogP) is 16.2. The third-order valence-corrected chi connectivity index (χ3v) is 10.6. The Kier molecular flexibility index (Phi) is 45.9. The van der Waals surface area contributed by atoms with Gasteiger partial charge in [-0.05, 0) is 77.0 Å². The topological polar surface area (TPSA) is 61.8 Å². The molecular formula is C51H94O5. The van der Waals surface area contributed by atoms with Gasteiger partial charge in [-0.2, -0.15) is 0 Å². The first-order chi connectivity index (χ1) is 27.6. The Morgan fingerprint density at radius 2 is 0.750 bits per heavy atom. The molecule has 0 aromatic carbocycles. The first kappa shape index (κ1) is 54.1. The van der Waals surface area contributed by atoms with Crippen LogP contribution in [0.1, 0.15) is 252 Å². The molecule has 0 saturated carbocycles. The van der Waals surface area contributed by atoms with Crippen molar-refractivity contribution in [3.63, 3.8) is 0 Å². The average Bonchev–Trinajstić information content (AvgIpc) is 3.20. The molecule has 1 atom stereocenters. The summed E-state index contributed by atoms with van der Waals surface area (Å²) in [5.74, 6) is -0.407. The predicted molar refractivity (Wildman–Crippen MR) is 242 cm³/mol. The zero-order chi connectivity index (χ0) is 40.7. The SMILES string of the molecule is CCCCC/C=C\C/C=C\CCCCCCCCCC(=O)OCC(COCCCCCCCC/C=C\CCCCCCCC)OC(=O)CCCCCCCCC. The summed E-state index contributed by atoms with van der Waals surface area (Å²) in [6.45, 7) is 7.77. The van der Waals surface area contributed by atoms with Crippen LogP contribution in [0.3, 0.4) is 0 Å². The molecule has 0 heterocycles. The molecule has 0 N–H and O–H groups in total. The minimum absolute atomic E-state index is 0.0820. The number of hydrogen-bond acceptors (Lipinski definition) is 5. The molecule has 0 spiro atoms. The van der Waals surface area contributed by atoms with Crippen LogP contribution in [0.5, 0.6) is 0 Å². The number of carbonyl (C=O) groups is 2. The number of esters is 2. The van der Waals surface area contributed by atoms with Crippen molar-refractivity contribution in [2.75, 3.05) is 19.8 Å². The Bertz CT molecular complexity index is 893. The molecule has 0 bridgehead atoms. The van der Waals surface area contributed by atoms with Crippen molar-refractivity contribution in [2.45, 2.75) is 258 Å². The highest BCUT2D eigenvalue weighted by Crippen LogP contribution is 2.14. The van der Waals surface area contributed by atoms with Crippen molar-refractivity contribution >= 4 is 11.9 Å². The quantitative estimate of drug-likeness (QED) is 0.0349. The summed E-state index contributed by atoms with van der Waals surface area (Å²) >= 11 is 0. The standard InChI is InChI=1S/C51H94O5/c1-4-7-10-13-16-18-20-22-24-26-27-29-31-33-36-38-41-44-50(52)55-48-49(56-51(53)45-42-39-35-15-12-9-6-3)47-54-46-43-40-37-34-32-30-28-25-23-21-19-17-14-11-8-5-2/h16,18,22-25,49H,4-15,17,19-21,26-48H2,1-3H3/b18-16-,24-22-,25-23-. The highest BCUT2D eigenvalue weighted by molar-refractivity contribution is 5.70. The zero-order valence-electron chi connectivity index (χ0n) is 37.7. The highest BCUT2D eigenvalue weighted by Gasteiger charge is 2.17. The van der Waals surface area contributed by atoms with Gasteiger partial charge in [0, 0.05) is 19.4 Å². The van der Waals surface area contributed by atoms with Crippen molar-refractivity contribution in [1.29, 1.82) is 0 Å². The Hall–Kier alpha value is -1.88. The van der Waals surface area contributed by atoms with Crippen LogP contribution in [0.25, 0.3) is 0 Å². The fourth-order valence-corrected chi connectivity index (χ4v) is 6.95. The second kappa shape index (κ2) is 47.5. The van der Waals surface area contributed by atoms with Crippen molar-refractivity contribution in [3.8, 4) is 0 Å². The molecule has 1 unspecified atom stereocenters. The summed E-state index contributed by atoms with van der Waals surface area (Å²) in [7, 11) is 0. The maximum absolute atomic E-state index is 12.6. The molecule has 0 radical (unpaired) electrons. The summed E-state index contributed by atoms with van der Waals surface area (Å²) in [5, 5.41) is 0. The Balaban J connectivity index is 4.13. The van der Waals surface area contributed by atoms with E-state index >= 15 is 0 Å². The molecule has 0 aliphatic rings. The molecular weight excluding hydrogens is 693 g/mol. The van der Waals surface area contributed by atoms with Crippen molar-refractivity contribution < 1.29 is 23.8 Å². The Morgan fingerprint density at radius 1 is 0.393 bits per heavy atom. The molecule has 0 rings (SSSR count). The van der Waals surface area contributed by atoms with Gasteiger partial charge >= 0.3 is 11.9 Å². The Labute approximate surface area is 349 Å². The van der Waals surface area contributed by atoms with E-state index in [0.29, 0.717) is 19.4 Å². The van der Waals surface area contributed by atoms with Crippen LogP contribution in [0.2, 0.25) is 0 Å². The average molecular weight is 787 g/mol. The van der Waals surface area contributed by atoms with E-state index in [4.69, 9.17) is 14.2 Å². The number of rotatable bonds is 45. The summed E-state index contributed by atoms with van der Waals surface area (Å²) in [6.07, 6.45) is 55.8. The van der Waals surface area contributed by atoms with Gasteiger partial charge in [0.1, 0.15) is 6.61 Å². The van der Waals surface area contributed by atoms with Gasteiger partial charge in [0.25, 0.3) is 0 Å². The van der Waals surface area contributed by atoms with E-state index in [9.17, 15) is 9.59 Å². The van der Waals surface area contributed by atoms with E-state index in [-0.39, 0.29) is 25.2 Å². The number of ether oxygens (including phenoxy) is 3. The number of allylic oxidation sites excluding steroid dienone is 6. The largest absolute Gasteiger partial charge is 0.462 e. The number of hydrogen-bond donors (Lipinski definition) is 0. The third kappa shape index (κ3) is 44.8. The summed E-state index contributed by atoms with van der Waals surface area (Å²) < 4.78 is 17.3. The van der Waals surface area contributed by atoms with E-state index < -0.39 is 6.10 Å². The molecule has 5 nitrogen and oxygen atoms in total. The fraction of sp³-hybridized carbons (Fsp3) is 0.843. The van der Waals surface area contributed by atoms with Crippen LogP contribution in [-0.2, 0) is 23.8 Å². The summed E-state index contributed by atoms with van der Waals surface area (Å²) in [6, 6.07) is 0. The molecule has 0 aromatic rings. The summed E-state index contributed by atoms with van der Waals surface area (Å²) in [5.41, 5.74) is 0. The van der Waals surface area contributed by atoms with Gasteiger partial charge in [-0.15, -0.1) is 0 Å². The van der Waals surface area contributed by atoms with Crippen molar-refractivity contribution in [1.82, 2.24) is 0 Å². The lowest BCUT2D eigenvalue weighted by atomic mass is 10.1. The molecule has 0 amide bonds. The van der Waals surface area contributed by atoms with Gasteiger partial charge in [0.15, 0.2) is 6.10 Å². The maximum atomic E-state index is 12.6. The maximum Gasteiger partial charge on any atom is 0.306 e. The van der Waals surface area contributed by atoms with Crippen LogP contribution in [-0.4, -0.2) is 37.9 Å². The van der Waals surface area contributed by atoms with Crippen molar-refractivity contribution in [3.05, 3.63) is 36.5 Å². The van der Waals surface area contributed by atoms with E-state index in [2.05, 4.69) is 57.2 Å². The molecule has 0 aliphatic heterocycles. The molecule has 0 aromatic heterocycles.